The molecule has 0 radical (unpaired) electrons. The molecule has 2 aliphatic heterocycles. The van der Waals surface area contributed by atoms with E-state index in [9.17, 15) is 4.79 Å². The van der Waals surface area contributed by atoms with Crippen molar-refractivity contribution in [3.05, 3.63) is 30.1 Å². The molecule has 2 fully saturated rings. The van der Waals surface area contributed by atoms with E-state index < -0.39 is 0 Å². The van der Waals surface area contributed by atoms with Crippen LogP contribution in [0.5, 0.6) is 0 Å². The minimum Gasteiger partial charge on any atom is -0.377 e. The number of ether oxygens (including phenoxy) is 1. The second kappa shape index (κ2) is 7.00. The SMILES string of the molecule is O=C(Cc1cccnc1)N1CCOCC1CN1CCCC1. The van der Waals surface area contributed by atoms with Gasteiger partial charge in [-0.3, -0.25) is 9.78 Å². The highest BCUT2D eigenvalue weighted by atomic mass is 16.5. The van der Waals surface area contributed by atoms with Crippen LogP contribution in [0.25, 0.3) is 0 Å². The van der Waals surface area contributed by atoms with Gasteiger partial charge in [0, 0.05) is 25.5 Å². The number of carbonyl (C=O) groups excluding carboxylic acids is 1. The molecular weight excluding hydrogens is 266 g/mol. The summed E-state index contributed by atoms with van der Waals surface area (Å²) < 4.78 is 5.59. The molecule has 2 aliphatic rings. The van der Waals surface area contributed by atoms with Crippen LogP contribution in [0.1, 0.15) is 18.4 Å². The third-order valence-electron chi connectivity index (χ3n) is 4.29. The summed E-state index contributed by atoms with van der Waals surface area (Å²) in [5, 5.41) is 0. The van der Waals surface area contributed by atoms with Crippen molar-refractivity contribution >= 4 is 5.91 Å². The highest BCUT2D eigenvalue weighted by Gasteiger charge is 2.29. The van der Waals surface area contributed by atoms with E-state index in [-0.39, 0.29) is 11.9 Å². The molecule has 0 aromatic carbocycles. The van der Waals surface area contributed by atoms with Crippen LogP contribution in [-0.4, -0.2) is 66.1 Å². The van der Waals surface area contributed by atoms with Crippen LogP contribution >= 0.6 is 0 Å². The van der Waals surface area contributed by atoms with Crippen molar-refractivity contribution in [2.75, 3.05) is 39.4 Å². The van der Waals surface area contributed by atoms with E-state index in [2.05, 4.69) is 9.88 Å². The number of carbonyl (C=O) groups is 1. The summed E-state index contributed by atoms with van der Waals surface area (Å²) in [4.78, 5) is 21.1. The van der Waals surface area contributed by atoms with Crippen LogP contribution in [0, 0.1) is 0 Å². The lowest BCUT2D eigenvalue weighted by Gasteiger charge is -2.37. The molecule has 3 rings (SSSR count). The first-order chi connectivity index (χ1) is 10.3. The number of pyridine rings is 1. The maximum Gasteiger partial charge on any atom is 0.227 e. The third-order valence-corrected chi connectivity index (χ3v) is 4.29. The molecule has 0 bridgehead atoms. The molecule has 1 unspecified atom stereocenters. The van der Waals surface area contributed by atoms with E-state index in [1.54, 1.807) is 12.4 Å². The summed E-state index contributed by atoms with van der Waals surface area (Å²) in [5.74, 6) is 0.190. The summed E-state index contributed by atoms with van der Waals surface area (Å²) >= 11 is 0. The Kier molecular flexibility index (Phi) is 4.83. The fraction of sp³-hybridized carbons (Fsp3) is 0.625. The number of hydrogen-bond donors (Lipinski definition) is 0. The molecular formula is C16H23N3O2. The predicted octanol–water partition coefficient (Wildman–Crippen LogP) is 0.947. The molecule has 21 heavy (non-hydrogen) atoms. The van der Waals surface area contributed by atoms with Crippen LogP contribution in [0.4, 0.5) is 0 Å². The Bertz CT molecular complexity index is 460. The Balaban J connectivity index is 1.61. The van der Waals surface area contributed by atoms with Gasteiger partial charge in [0.05, 0.1) is 25.7 Å². The van der Waals surface area contributed by atoms with Crippen molar-refractivity contribution < 1.29 is 9.53 Å². The van der Waals surface area contributed by atoms with E-state index in [1.165, 1.54) is 12.8 Å². The molecule has 3 heterocycles. The minimum absolute atomic E-state index is 0.190. The number of amides is 1. The summed E-state index contributed by atoms with van der Waals surface area (Å²) in [6.45, 7) is 5.27. The quantitative estimate of drug-likeness (QED) is 0.828. The Morgan fingerprint density at radius 1 is 1.33 bits per heavy atom. The third kappa shape index (κ3) is 3.80. The lowest BCUT2D eigenvalue weighted by molar-refractivity contribution is -0.139. The normalized spacial score (nSPS) is 23.4. The fourth-order valence-corrected chi connectivity index (χ4v) is 3.18. The number of likely N-dealkylation sites (tertiary alicyclic amines) is 1. The molecule has 1 atom stereocenters. The average molecular weight is 289 g/mol. The van der Waals surface area contributed by atoms with Gasteiger partial charge < -0.3 is 14.5 Å². The first kappa shape index (κ1) is 14.5. The summed E-state index contributed by atoms with van der Waals surface area (Å²) in [7, 11) is 0. The van der Waals surface area contributed by atoms with Crippen molar-refractivity contribution in [1.29, 1.82) is 0 Å². The lowest BCUT2D eigenvalue weighted by Crippen LogP contribution is -2.53. The average Bonchev–Trinajstić information content (AvgIpc) is 3.02. The van der Waals surface area contributed by atoms with Gasteiger partial charge >= 0.3 is 0 Å². The van der Waals surface area contributed by atoms with Gasteiger partial charge in [0.2, 0.25) is 5.91 Å². The van der Waals surface area contributed by atoms with Crippen molar-refractivity contribution in [3.8, 4) is 0 Å². The van der Waals surface area contributed by atoms with Crippen LogP contribution in [0.3, 0.4) is 0 Å². The van der Waals surface area contributed by atoms with E-state index in [4.69, 9.17) is 4.74 Å². The molecule has 1 aromatic rings. The lowest BCUT2D eigenvalue weighted by atomic mass is 10.1. The van der Waals surface area contributed by atoms with E-state index >= 15 is 0 Å². The van der Waals surface area contributed by atoms with Crippen molar-refractivity contribution in [1.82, 2.24) is 14.8 Å². The second-order valence-electron chi connectivity index (χ2n) is 5.86. The first-order valence-corrected chi connectivity index (χ1v) is 7.81. The van der Waals surface area contributed by atoms with Crippen LogP contribution in [0.15, 0.2) is 24.5 Å². The van der Waals surface area contributed by atoms with Gasteiger partial charge in [-0.15, -0.1) is 0 Å². The molecule has 5 heteroatoms. The van der Waals surface area contributed by atoms with Gasteiger partial charge in [0.15, 0.2) is 0 Å². The largest absolute Gasteiger partial charge is 0.377 e. The molecule has 0 spiro atoms. The standard InChI is InChI=1S/C16H23N3O2/c20-16(10-14-4-3-5-17-11-14)19-8-9-21-13-15(19)12-18-6-1-2-7-18/h3-5,11,15H,1-2,6-10,12-13H2. The Labute approximate surface area is 125 Å². The molecule has 114 valence electrons. The number of rotatable bonds is 4. The Morgan fingerprint density at radius 2 is 2.19 bits per heavy atom. The Morgan fingerprint density at radius 3 is 2.95 bits per heavy atom. The molecule has 2 saturated heterocycles. The summed E-state index contributed by atoms with van der Waals surface area (Å²) in [5.41, 5.74) is 0.980. The number of hydrogen-bond acceptors (Lipinski definition) is 4. The van der Waals surface area contributed by atoms with Crippen molar-refractivity contribution in [2.45, 2.75) is 25.3 Å². The van der Waals surface area contributed by atoms with Gasteiger partial charge in [-0.25, -0.2) is 0 Å². The predicted molar refractivity (Wildman–Crippen MR) is 79.9 cm³/mol. The van der Waals surface area contributed by atoms with E-state index in [1.807, 2.05) is 17.0 Å². The summed E-state index contributed by atoms with van der Waals surface area (Å²) in [6, 6.07) is 4.03. The number of morpholine rings is 1. The van der Waals surface area contributed by atoms with Gasteiger partial charge in [0.25, 0.3) is 0 Å². The van der Waals surface area contributed by atoms with Gasteiger partial charge in [0.1, 0.15) is 0 Å². The topological polar surface area (TPSA) is 45.7 Å². The molecule has 1 amide bonds. The zero-order valence-electron chi connectivity index (χ0n) is 12.4. The highest BCUT2D eigenvalue weighted by Crippen LogP contribution is 2.15. The molecule has 0 N–H and O–H groups in total. The van der Waals surface area contributed by atoms with Crippen LogP contribution < -0.4 is 0 Å². The first-order valence-electron chi connectivity index (χ1n) is 7.81. The zero-order chi connectivity index (χ0) is 14.5. The highest BCUT2D eigenvalue weighted by molar-refractivity contribution is 5.79. The van der Waals surface area contributed by atoms with Crippen molar-refractivity contribution in [3.63, 3.8) is 0 Å². The van der Waals surface area contributed by atoms with E-state index in [0.717, 1.165) is 25.2 Å². The fourth-order valence-electron chi connectivity index (χ4n) is 3.18. The maximum atomic E-state index is 12.6. The molecule has 0 saturated carbocycles. The number of nitrogens with zero attached hydrogens (tertiary/aromatic N) is 3. The van der Waals surface area contributed by atoms with Gasteiger partial charge in [-0.05, 0) is 37.6 Å². The van der Waals surface area contributed by atoms with Gasteiger partial charge in [-0.1, -0.05) is 6.07 Å². The Hall–Kier alpha value is -1.46. The van der Waals surface area contributed by atoms with Crippen LogP contribution in [-0.2, 0) is 16.0 Å². The van der Waals surface area contributed by atoms with Crippen LogP contribution in [0.2, 0.25) is 0 Å². The summed E-state index contributed by atoms with van der Waals surface area (Å²) in [6.07, 6.45) is 6.49. The zero-order valence-corrected chi connectivity index (χ0v) is 12.4. The van der Waals surface area contributed by atoms with E-state index in [0.29, 0.717) is 26.2 Å². The van der Waals surface area contributed by atoms with Gasteiger partial charge in [-0.2, -0.15) is 0 Å². The maximum absolute atomic E-state index is 12.6. The minimum atomic E-state index is 0.190. The smallest absolute Gasteiger partial charge is 0.227 e. The monoisotopic (exact) mass is 289 g/mol. The second-order valence-corrected chi connectivity index (χ2v) is 5.86. The molecule has 1 aromatic heterocycles. The number of aromatic nitrogens is 1. The molecule has 0 aliphatic carbocycles. The molecule has 5 nitrogen and oxygen atoms in total. The van der Waals surface area contributed by atoms with Crippen molar-refractivity contribution in [2.24, 2.45) is 0 Å².